The Morgan fingerprint density at radius 1 is 0.923 bits per heavy atom. The maximum Gasteiger partial charge on any atom is 0.317 e. The summed E-state index contributed by atoms with van der Waals surface area (Å²) in [5.74, 6) is -0.110. The van der Waals surface area contributed by atoms with Crippen LogP contribution in [0.2, 0.25) is 0 Å². The van der Waals surface area contributed by atoms with Gasteiger partial charge in [0.1, 0.15) is 0 Å². The van der Waals surface area contributed by atoms with Gasteiger partial charge in [0.15, 0.2) is 0 Å². The van der Waals surface area contributed by atoms with Crippen LogP contribution in [0.3, 0.4) is 0 Å². The van der Waals surface area contributed by atoms with E-state index < -0.39 is 10.1 Å². The van der Waals surface area contributed by atoms with Gasteiger partial charge in [0.05, 0.1) is 15.0 Å². The second-order valence-electron chi connectivity index (χ2n) is 5.41. The Hall–Kier alpha value is -2.17. The summed E-state index contributed by atoms with van der Waals surface area (Å²) in [7, 11) is -3.96. The minimum Gasteiger partial charge on any atom is -0.325 e. The third-order valence-electron chi connectivity index (χ3n) is 3.57. The van der Waals surface area contributed by atoms with E-state index in [0.717, 1.165) is 10.8 Å². The van der Waals surface area contributed by atoms with Crippen LogP contribution in [0.25, 0.3) is 10.8 Å². The Kier molecular flexibility index (Phi) is 5.74. The number of hydrogen-bond donors (Lipinski definition) is 2. The van der Waals surface area contributed by atoms with E-state index in [1.807, 2.05) is 46.9 Å². The van der Waals surface area contributed by atoms with Gasteiger partial charge in [-0.25, -0.2) is 5.48 Å². The number of alkyl halides is 1. The summed E-state index contributed by atoms with van der Waals surface area (Å²) in [6, 6.07) is 18.8. The van der Waals surface area contributed by atoms with Crippen LogP contribution in [0.5, 0.6) is 0 Å². The Morgan fingerprint density at radius 3 is 2.27 bits per heavy atom. The number of anilines is 2. The molecular formula is C18H15IN2O4S. The molecule has 0 spiro atoms. The molecule has 0 aliphatic rings. The van der Waals surface area contributed by atoms with Crippen molar-refractivity contribution in [3.8, 4) is 0 Å². The minimum absolute atomic E-state index is 0.0645. The molecule has 134 valence electrons. The summed E-state index contributed by atoms with van der Waals surface area (Å²) in [6.45, 7) is 0. The van der Waals surface area contributed by atoms with Gasteiger partial charge in [-0.15, -0.1) is 4.28 Å². The number of hydrogen-bond acceptors (Lipinski definition) is 5. The Labute approximate surface area is 164 Å². The normalized spacial score (nSPS) is 11.3. The molecular weight excluding hydrogens is 467 g/mol. The molecule has 1 amide bonds. The topological polar surface area (TPSA) is 84.5 Å². The van der Waals surface area contributed by atoms with E-state index in [9.17, 15) is 13.2 Å². The maximum absolute atomic E-state index is 12.4. The fourth-order valence-electron chi connectivity index (χ4n) is 2.29. The second kappa shape index (κ2) is 8.02. The van der Waals surface area contributed by atoms with Gasteiger partial charge in [0, 0.05) is 5.69 Å². The number of nitrogens with one attached hydrogen (secondary N) is 2. The molecule has 8 heteroatoms. The van der Waals surface area contributed by atoms with Crippen LogP contribution in [0.4, 0.5) is 11.4 Å². The molecule has 0 aliphatic carbocycles. The highest BCUT2D eigenvalue weighted by Crippen LogP contribution is 2.21. The lowest BCUT2D eigenvalue weighted by atomic mass is 10.1. The fraction of sp³-hybridized carbons (Fsp3) is 0.0556. The first-order valence-corrected chi connectivity index (χ1v) is 10.6. The third kappa shape index (κ3) is 4.51. The molecule has 0 saturated carbocycles. The fourth-order valence-corrected chi connectivity index (χ4v) is 3.29. The van der Waals surface area contributed by atoms with E-state index in [4.69, 9.17) is 4.28 Å². The molecule has 0 unspecified atom stereocenters. The number of carbonyl (C=O) groups excluding carboxylic acids is 1. The number of carbonyl (C=O) groups is 1. The van der Waals surface area contributed by atoms with Gasteiger partial charge in [0.25, 0.3) is 0 Å². The second-order valence-corrected chi connectivity index (χ2v) is 7.72. The number of amides is 1. The highest BCUT2D eigenvalue weighted by molar-refractivity contribution is 14.1. The molecule has 6 nitrogen and oxygen atoms in total. The highest BCUT2D eigenvalue weighted by Gasteiger charge is 2.16. The van der Waals surface area contributed by atoms with E-state index in [1.165, 1.54) is 6.07 Å². The van der Waals surface area contributed by atoms with Gasteiger partial charge in [0.2, 0.25) is 5.91 Å². The predicted molar refractivity (Wildman–Crippen MR) is 110 cm³/mol. The SMILES string of the molecule is O=C(CI)Nc1ccc(NOS(=O)(=O)c2ccc3ccccc3c2)cc1. The molecule has 0 aliphatic heterocycles. The number of fused-ring (bicyclic) bond motifs is 1. The van der Waals surface area contributed by atoms with Gasteiger partial charge in [-0.1, -0.05) is 52.9 Å². The van der Waals surface area contributed by atoms with Crippen LogP contribution < -0.4 is 10.8 Å². The number of benzene rings is 3. The molecule has 0 saturated heterocycles. The van der Waals surface area contributed by atoms with Crippen molar-refractivity contribution in [3.05, 3.63) is 66.7 Å². The van der Waals surface area contributed by atoms with E-state index in [-0.39, 0.29) is 10.8 Å². The molecule has 26 heavy (non-hydrogen) atoms. The van der Waals surface area contributed by atoms with Gasteiger partial charge in [-0.3, -0.25) is 4.79 Å². The Morgan fingerprint density at radius 2 is 1.58 bits per heavy atom. The van der Waals surface area contributed by atoms with E-state index in [1.54, 1.807) is 36.4 Å². The minimum atomic E-state index is -3.96. The average Bonchev–Trinajstić information content (AvgIpc) is 2.67. The Bertz CT molecular complexity index is 1040. The summed E-state index contributed by atoms with van der Waals surface area (Å²) < 4.78 is 30.0. The molecule has 0 heterocycles. The van der Waals surface area contributed by atoms with Crippen LogP contribution in [-0.2, 0) is 19.2 Å². The van der Waals surface area contributed by atoms with E-state index >= 15 is 0 Å². The Balaban J connectivity index is 1.70. The summed E-state index contributed by atoms with van der Waals surface area (Å²) in [6.07, 6.45) is 0. The van der Waals surface area contributed by atoms with Crippen molar-refractivity contribution in [2.45, 2.75) is 4.90 Å². The molecule has 3 aromatic rings. The quantitative estimate of drug-likeness (QED) is 0.316. The van der Waals surface area contributed by atoms with Crippen molar-refractivity contribution < 1.29 is 17.5 Å². The standard InChI is InChI=1S/C18H15IN2O4S/c19-12-18(22)20-15-6-8-16(9-7-15)21-25-26(23,24)17-10-5-13-3-1-2-4-14(13)11-17/h1-11,21H,12H2,(H,20,22). The van der Waals surface area contributed by atoms with Crippen LogP contribution >= 0.6 is 22.6 Å². The summed E-state index contributed by atoms with van der Waals surface area (Å²) in [4.78, 5) is 11.4. The van der Waals surface area contributed by atoms with Gasteiger partial charge >= 0.3 is 10.1 Å². The van der Waals surface area contributed by atoms with Gasteiger partial charge in [-0.05, 0) is 47.2 Å². The lowest BCUT2D eigenvalue weighted by Crippen LogP contribution is -2.13. The van der Waals surface area contributed by atoms with Crippen LogP contribution in [0, 0.1) is 0 Å². The van der Waals surface area contributed by atoms with Crippen molar-refractivity contribution in [1.29, 1.82) is 0 Å². The summed E-state index contributed by atoms with van der Waals surface area (Å²) in [5.41, 5.74) is 3.49. The highest BCUT2D eigenvalue weighted by atomic mass is 127. The molecule has 0 bridgehead atoms. The molecule has 0 aromatic heterocycles. The largest absolute Gasteiger partial charge is 0.325 e. The van der Waals surface area contributed by atoms with Crippen molar-refractivity contribution in [2.24, 2.45) is 0 Å². The first-order chi connectivity index (χ1) is 12.5. The molecule has 2 N–H and O–H groups in total. The van der Waals surface area contributed by atoms with E-state index in [2.05, 4.69) is 10.8 Å². The van der Waals surface area contributed by atoms with Crippen LogP contribution in [-0.4, -0.2) is 18.8 Å². The smallest absolute Gasteiger partial charge is 0.317 e. The molecule has 3 rings (SSSR count). The average molecular weight is 482 g/mol. The molecule has 0 atom stereocenters. The zero-order chi connectivity index (χ0) is 18.6. The zero-order valence-electron chi connectivity index (χ0n) is 13.5. The first-order valence-electron chi connectivity index (χ1n) is 7.62. The number of rotatable bonds is 6. The van der Waals surface area contributed by atoms with Crippen LogP contribution in [0.15, 0.2) is 71.6 Å². The lowest BCUT2D eigenvalue weighted by molar-refractivity contribution is -0.113. The molecule has 3 aromatic carbocycles. The van der Waals surface area contributed by atoms with Crippen molar-refractivity contribution in [1.82, 2.24) is 0 Å². The first kappa shape index (κ1) is 18.6. The lowest BCUT2D eigenvalue weighted by Gasteiger charge is -2.09. The predicted octanol–water partition coefficient (Wildman–Crippen LogP) is 3.95. The van der Waals surface area contributed by atoms with Crippen molar-refractivity contribution >= 4 is 60.8 Å². The monoisotopic (exact) mass is 482 g/mol. The van der Waals surface area contributed by atoms with Gasteiger partial charge in [-0.2, -0.15) is 8.42 Å². The summed E-state index contributed by atoms with van der Waals surface area (Å²) in [5, 5.41) is 4.46. The maximum atomic E-state index is 12.4. The number of halogens is 1. The van der Waals surface area contributed by atoms with Crippen LogP contribution in [0.1, 0.15) is 0 Å². The summed E-state index contributed by atoms with van der Waals surface area (Å²) >= 11 is 1.97. The van der Waals surface area contributed by atoms with Gasteiger partial charge < -0.3 is 5.32 Å². The van der Waals surface area contributed by atoms with Crippen molar-refractivity contribution in [2.75, 3.05) is 15.2 Å². The zero-order valence-corrected chi connectivity index (χ0v) is 16.5. The van der Waals surface area contributed by atoms with E-state index in [0.29, 0.717) is 15.8 Å². The molecule has 0 fully saturated rings. The van der Waals surface area contributed by atoms with Crippen molar-refractivity contribution in [3.63, 3.8) is 0 Å². The third-order valence-corrected chi connectivity index (χ3v) is 5.40. The molecule has 0 radical (unpaired) electrons.